The Balaban J connectivity index is 2.34. The minimum Gasteiger partial charge on any atom is -0.496 e. The number of ether oxygens (including phenoxy) is 3. The van der Waals surface area contributed by atoms with E-state index in [1.807, 2.05) is 0 Å². The van der Waals surface area contributed by atoms with E-state index in [2.05, 4.69) is 4.99 Å². The molecule has 2 atom stereocenters. The molecule has 2 rings (SSSR count). The van der Waals surface area contributed by atoms with Gasteiger partial charge in [0.25, 0.3) is 0 Å². The Morgan fingerprint density at radius 3 is 3.00 bits per heavy atom. The highest BCUT2D eigenvalue weighted by atomic mass is 35.5. The van der Waals surface area contributed by atoms with E-state index in [9.17, 15) is 4.79 Å². The highest BCUT2D eigenvalue weighted by Gasteiger charge is 2.38. The molecule has 1 heterocycles. The van der Waals surface area contributed by atoms with Gasteiger partial charge >= 0.3 is 5.97 Å². The van der Waals surface area contributed by atoms with Crippen molar-refractivity contribution in [2.75, 3.05) is 13.7 Å². The monoisotopic (exact) mass is 283 g/mol. The number of hydrogen-bond acceptors (Lipinski definition) is 5. The van der Waals surface area contributed by atoms with E-state index >= 15 is 0 Å². The first kappa shape index (κ1) is 13.7. The topological polar surface area (TPSA) is 57.1 Å². The van der Waals surface area contributed by atoms with Crippen LogP contribution >= 0.6 is 11.6 Å². The lowest BCUT2D eigenvalue weighted by atomic mass is 10.0. The van der Waals surface area contributed by atoms with Crippen LogP contribution in [0.15, 0.2) is 23.2 Å². The van der Waals surface area contributed by atoms with Crippen LogP contribution < -0.4 is 4.74 Å². The van der Waals surface area contributed by atoms with Gasteiger partial charge in [-0.1, -0.05) is 17.7 Å². The van der Waals surface area contributed by atoms with Crippen molar-refractivity contribution >= 4 is 24.0 Å². The maximum atomic E-state index is 11.8. The summed E-state index contributed by atoms with van der Waals surface area (Å²) in [5.74, 6) is 0.112. The van der Waals surface area contributed by atoms with Gasteiger partial charge in [-0.15, -0.1) is 0 Å². The van der Waals surface area contributed by atoms with Crippen LogP contribution in [0.5, 0.6) is 5.75 Å². The molecule has 1 aromatic carbocycles. The smallest absolute Gasteiger partial charge is 0.335 e. The van der Waals surface area contributed by atoms with Crippen molar-refractivity contribution in [1.29, 1.82) is 0 Å². The first-order valence-corrected chi connectivity index (χ1v) is 6.23. The van der Waals surface area contributed by atoms with Gasteiger partial charge in [-0.2, -0.15) is 0 Å². The molecule has 0 fully saturated rings. The van der Waals surface area contributed by atoms with Gasteiger partial charge in [-0.3, -0.25) is 0 Å². The van der Waals surface area contributed by atoms with E-state index in [4.69, 9.17) is 25.8 Å². The largest absolute Gasteiger partial charge is 0.496 e. The van der Waals surface area contributed by atoms with Crippen LogP contribution in [-0.2, 0) is 14.3 Å². The van der Waals surface area contributed by atoms with E-state index in [0.717, 1.165) is 0 Å². The molecule has 0 N–H and O–H groups in total. The van der Waals surface area contributed by atoms with Crippen molar-refractivity contribution in [3.05, 3.63) is 28.8 Å². The SMILES string of the molecule is CCOC(=O)C1N=COC1c1c(Cl)cccc1OC. The van der Waals surface area contributed by atoms with E-state index in [-0.39, 0.29) is 6.61 Å². The molecule has 0 aliphatic carbocycles. The van der Waals surface area contributed by atoms with Gasteiger partial charge in [0.15, 0.2) is 18.5 Å². The maximum absolute atomic E-state index is 11.8. The lowest BCUT2D eigenvalue weighted by Gasteiger charge is -2.19. The third kappa shape index (κ3) is 2.66. The van der Waals surface area contributed by atoms with Gasteiger partial charge in [0.2, 0.25) is 0 Å². The fourth-order valence-electron chi connectivity index (χ4n) is 1.93. The average Bonchev–Trinajstić information content (AvgIpc) is 2.87. The molecular formula is C13H14ClNO4. The van der Waals surface area contributed by atoms with Crippen LogP contribution in [0, 0.1) is 0 Å². The lowest BCUT2D eigenvalue weighted by molar-refractivity contribution is -0.146. The minimum absolute atomic E-state index is 0.289. The first-order chi connectivity index (χ1) is 9.19. The summed E-state index contributed by atoms with van der Waals surface area (Å²) in [5, 5.41) is 0.462. The number of nitrogens with zero attached hydrogens (tertiary/aromatic N) is 1. The Morgan fingerprint density at radius 2 is 2.32 bits per heavy atom. The summed E-state index contributed by atoms with van der Waals surface area (Å²) in [5.41, 5.74) is 0.599. The Hall–Kier alpha value is -1.75. The van der Waals surface area contributed by atoms with E-state index in [0.29, 0.717) is 16.3 Å². The van der Waals surface area contributed by atoms with Crippen LogP contribution in [-0.4, -0.2) is 32.1 Å². The van der Waals surface area contributed by atoms with Gasteiger partial charge in [0.1, 0.15) is 5.75 Å². The Morgan fingerprint density at radius 1 is 1.53 bits per heavy atom. The molecule has 0 spiro atoms. The third-order valence-electron chi connectivity index (χ3n) is 2.76. The number of methoxy groups -OCH3 is 1. The second kappa shape index (κ2) is 5.93. The molecule has 5 nitrogen and oxygen atoms in total. The van der Waals surface area contributed by atoms with Gasteiger partial charge in [-0.25, -0.2) is 9.79 Å². The molecule has 19 heavy (non-hydrogen) atoms. The van der Waals surface area contributed by atoms with Gasteiger partial charge in [0, 0.05) is 0 Å². The Bertz CT molecular complexity index is 503. The number of esters is 1. The van der Waals surface area contributed by atoms with Crippen molar-refractivity contribution in [2.24, 2.45) is 4.99 Å². The quantitative estimate of drug-likeness (QED) is 0.796. The van der Waals surface area contributed by atoms with E-state index in [1.54, 1.807) is 25.1 Å². The van der Waals surface area contributed by atoms with Crippen LogP contribution in [0.3, 0.4) is 0 Å². The van der Waals surface area contributed by atoms with Crippen molar-refractivity contribution in [1.82, 2.24) is 0 Å². The molecule has 102 valence electrons. The summed E-state index contributed by atoms with van der Waals surface area (Å²) in [7, 11) is 1.53. The van der Waals surface area contributed by atoms with Crippen molar-refractivity contribution < 1.29 is 19.0 Å². The van der Waals surface area contributed by atoms with E-state index < -0.39 is 18.1 Å². The highest BCUT2D eigenvalue weighted by Crippen LogP contribution is 2.38. The molecule has 0 amide bonds. The highest BCUT2D eigenvalue weighted by molar-refractivity contribution is 6.31. The fraction of sp³-hybridized carbons (Fsp3) is 0.385. The first-order valence-electron chi connectivity index (χ1n) is 5.85. The molecule has 0 bridgehead atoms. The molecule has 1 aromatic rings. The number of carbonyl (C=O) groups is 1. The molecule has 0 aromatic heterocycles. The van der Waals surface area contributed by atoms with Gasteiger partial charge in [0.05, 0.1) is 24.3 Å². The Labute approximate surface area is 116 Å². The molecule has 0 radical (unpaired) electrons. The molecular weight excluding hydrogens is 270 g/mol. The summed E-state index contributed by atoms with van der Waals surface area (Å²) in [6.45, 7) is 2.03. The summed E-state index contributed by atoms with van der Waals surface area (Å²) in [6, 6.07) is 4.47. The Kier molecular flexibility index (Phi) is 4.27. The predicted molar refractivity (Wildman–Crippen MR) is 70.7 cm³/mol. The summed E-state index contributed by atoms with van der Waals surface area (Å²) in [4.78, 5) is 15.8. The number of benzene rings is 1. The van der Waals surface area contributed by atoms with Crippen LogP contribution in [0.1, 0.15) is 18.6 Å². The lowest BCUT2D eigenvalue weighted by Crippen LogP contribution is -2.26. The summed E-state index contributed by atoms with van der Waals surface area (Å²) >= 11 is 6.17. The summed E-state index contributed by atoms with van der Waals surface area (Å²) in [6.07, 6.45) is 0.623. The van der Waals surface area contributed by atoms with Crippen LogP contribution in [0.4, 0.5) is 0 Å². The second-order valence-electron chi connectivity index (χ2n) is 3.86. The van der Waals surface area contributed by atoms with Crippen LogP contribution in [0.2, 0.25) is 5.02 Å². The number of halogens is 1. The number of aliphatic imine (C=N–C) groups is 1. The zero-order chi connectivity index (χ0) is 13.8. The normalized spacial score (nSPS) is 21.0. The second-order valence-corrected chi connectivity index (χ2v) is 4.27. The van der Waals surface area contributed by atoms with E-state index in [1.165, 1.54) is 13.5 Å². The number of hydrogen-bond donors (Lipinski definition) is 0. The fourth-order valence-corrected chi connectivity index (χ4v) is 2.20. The number of carbonyl (C=O) groups excluding carboxylic acids is 1. The molecule has 2 unspecified atom stereocenters. The molecule has 0 saturated carbocycles. The predicted octanol–water partition coefficient (Wildman–Crippen LogP) is 2.38. The van der Waals surface area contributed by atoms with Crippen molar-refractivity contribution in [3.63, 3.8) is 0 Å². The standard InChI is InChI=1S/C13H14ClNO4/c1-3-18-13(16)11-12(19-7-15-11)10-8(14)5-4-6-9(10)17-2/h4-7,11-12H,3H2,1-2H3. The minimum atomic E-state index is -0.756. The zero-order valence-corrected chi connectivity index (χ0v) is 11.4. The van der Waals surface area contributed by atoms with Crippen LogP contribution in [0.25, 0.3) is 0 Å². The average molecular weight is 284 g/mol. The molecule has 1 aliphatic rings. The van der Waals surface area contributed by atoms with Crippen molar-refractivity contribution in [2.45, 2.75) is 19.1 Å². The third-order valence-corrected chi connectivity index (χ3v) is 3.09. The number of rotatable bonds is 4. The van der Waals surface area contributed by atoms with Crippen molar-refractivity contribution in [3.8, 4) is 5.75 Å². The van der Waals surface area contributed by atoms with Gasteiger partial charge in [-0.05, 0) is 19.1 Å². The molecule has 0 saturated heterocycles. The molecule has 6 heteroatoms. The molecule has 1 aliphatic heterocycles. The maximum Gasteiger partial charge on any atom is 0.335 e. The zero-order valence-electron chi connectivity index (χ0n) is 10.6. The van der Waals surface area contributed by atoms with Gasteiger partial charge < -0.3 is 14.2 Å². The summed E-state index contributed by atoms with van der Waals surface area (Å²) < 4.78 is 15.6.